The number of piperazine rings is 1. The highest BCUT2D eigenvalue weighted by Crippen LogP contribution is 2.33. The second-order valence-corrected chi connectivity index (χ2v) is 9.19. The highest BCUT2D eigenvalue weighted by atomic mass is 32.1. The molecule has 0 unspecified atom stereocenters. The number of hydrogen-bond donors (Lipinski definition) is 1. The smallest absolute Gasteiger partial charge is 0.225 e. The van der Waals surface area contributed by atoms with Gasteiger partial charge in [0.05, 0.1) is 10.2 Å². The lowest BCUT2D eigenvalue weighted by Crippen LogP contribution is -2.49. The molecule has 1 aromatic carbocycles. The Kier molecular flexibility index (Phi) is 5.53. The van der Waals surface area contributed by atoms with Gasteiger partial charge in [0.1, 0.15) is 0 Å². The largest absolute Gasteiger partial charge is 0.354 e. The van der Waals surface area contributed by atoms with E-state index in [2.05, 4.69) is 41.1 Å². The molecule has 6 heteroatoms. The van der Waals surface area contributed by atoms with E-state index in [1.54, 1.807) is 0 Å². The van der Waals surface area contributed by atoms with Crippen LogP contribution in [0.2, 0.25) is 0 Å². The fraction of sp³-hybridized carbons (Fsp3) is 0.600. The number of aryl methyl sites for hydroxylation is 2. The predicted molar refractivity (Wildman–Crippen MR) is 110 cm³/mol. The van der Waals surface area contributed by atoms with Gasteiger partial charge < -0.3 is 10.2 Å². The van der Waals surface area contributed by atoms with Crippen molar-refractivity contribution in [3.05, 3.63) is 23.3 Å². The number of benzene rings is 1. The molecule has 1 fully saturated rings. The van der Waals surface area contributed by atoms with Crippen molar-refractivity contribution >= 4 is 32.6 Å². The molecule has 26 heavy (non-hydrogen) atoms. The number of rotatable bonds is 4. The third-order valence-electron chi connectivity index (χ3n) is 4.97. The molecular weight excluding hydrogens is 344 g/mol. The van der Waals surface area contributed by atoms with Crippen molar-refractivity contribution in [3.63, 3.8) is 0 Å². The monoisotopic (exact) mass is 374 g/mol. The van der Waals surface area contributed by atoms with Gasteiger partial charge >= 0.3 is 0 Å². The molecule has 1 amide bonds. The Labute approximate surface area is 160 Å². The molecule has 1 aliphatic heterocycles. The first-order valence-electron chi connectivity index (χ1n) is 9.38. The summed E-state index contributed by atoms with van der Waals surface area (Å²) >= 11 is 1.81. The van der Waals surface area contributed by atoms with E-state index in [4.69, 9.17) is 4.98 Å². The number of anilines is 1. The topological polar surface area (TPSA) is 48.5 Å². The van der Waals surface area contributed by atoms with Gasteiger partial charge in [0, 0.05) is 44.7 Å². The summed E-state index contributed by atoms with van der Waals surface area (Å²) in [4.78, 5) is 21.7. The summed E-state index contributed by atoms with van der Waals surface area (Å²) in [5.74, 6) is 0.122. The standard InChI is InChI=1S/C20H30N4OS/c1-14-6-7-15(2)17-16(14)22-19(26-17)24-12-10-23(11-13-24)9-8-21-18(25)20(3,4)5/h6-7H,8-13H2,1-5H3,(H,21,25). The molecule has 0 radical (unpaired) electrons. The predicted octanol–water partition coefficient (Wildman–Crippen LogP) is 3.20. The first kappa shape index (κ1) is 19.1. The molecule has 2 aromatic rings. The number of amides is 1. The minimum Gasteiger partial charge on any atom is -0.354 e. The van der Waals surface area contributed by atoms with E-state index in [1.807, 2.05) is 32.1 Å². The molecule has 0 aliphatic carbocycles. The molecule has 1 N–H and O–H groups in total. The van der Waals surface area contributed by atoms with Crippen LogP contribution in [0.25, 0.3) is 10.2 Å². The van der Waals surface area contributed by atoms with Crippen LogP contribution in [0, 0.1) is 19.3 Å². The van der Waals surface area contributed by atoms with E-state index in [0.717, 1.165) is 49.9 Å². The van der Waals surface area contributed by atoms with Crippen molar-refractivity contribution in [2.24, 2.45) is 5.41 Å². The summed E-state index contributed by atoms with van der Waals surface area (Å²) in [6, 6.07) is 4.34. The van der Waals surface area contributed by atoms with Crippen LogP contribution >= 0.6 is 11.3 Å². The summed E-state index contributed by atoms with van der Waals surface area (Å²) in [5, 5.41) is 4.18. The van der Waals surface area contributed by atoms with E-state index >= 15 is 0 Å². The first-order chi connectivity index (χ1) is 12.3. The quantitative estimate of drug-likeness (QED) is 0.893. The van der Waals surface area contributed by atoms with Gasteiger partial charge in [-0.25, -0.2) is 4.98 Å². The first-order valence-corrected chi connectivity index (χ1v) is 10.2. The van der Waals surface area contributed by atoms with E-state index in [0.29, 0.717) is 0 Å². The van der Waals surface area contributed by atoms with Gasteiger partial charge in [0.25, 0.3) is 0 Å². The van der Waals surface area contributed by atoms with E-state index in [-0.39, 0.29) is 11.3 Å². The molecule has 0 bridgehead atoms. The van der Waals surface area contributed by atoms with Gasteiger partial charge in [-0.05, 0) is 25.0 Å². The van der Waals surface area contributed by atoms with Crippen LogP contribution in [0.15, 0.2) is 12.1 Å². The Balaban J connectivity index is 1.53. The average molecular weight is 375 g/mol. The maximum Gasteiger partial charge on any atom is 0.225 e. The lowest BCUT2D eigenvalue weighted by molar-refractivity contribution is -0.128. The Morgan fingerprint density at radius 2 is 1.81 bits per heavy atom. The van der Waals surface area contributed by atoms with Crippen LogP contribution in [-0.2, 0) is 4.79 Å². The van der Waals surface area contributed by atoms with Crippen LogP contribution in [0.1, 0.15) is 31.9 Å². The van der Waals surface area contributed by atoms with Crippen LogP contribution in [0.3, 0.4) is 0 Å². The summed E-state index contributed by atoms with van der Waals surface area (Å²) in [6.45, 7) is 15.8. The lowest BCUT2D eigenvalue weighted by atomic mass is 9.96. The van der Waals surface area contributed by atoms with Crippen molar-refractivity contribution < 1.29 is 4.79 Å². The zero-order chi connectivity index (χ0) is 18.9. The molecule has 1 saturated heterocycles. The molecule has 0 spiro atoms. The van der Waals surface area contributed by atoms with Gasteiger partial charge in [0.15, 0.2) is 5.13 Å². The molecule has 5 nitrogen and oxygen atoms in total. The average Bonchev–Trinajstić information content (AvgIpc) is 3.04. The number of nitrogens with one attached hydrogen (secondary N) is 1. The van der Waals surface area contributed by atoms with Crippen molar-refractivity contribution in [1.82, 2.24) is 15.2 Å². The van der Waals surface area contributed by atoms with Crippen LogP contribution < -0.4 is 10.2 Å². The second kappa shape index (κ2) is 7.53. The molecule has 3 rings (SSSR count). The van der Waals surface area contributed by atoms with Crippen LogP contribution in [0.4, 0.5) is 5.13 Å². The highest BCUT2D eigenvalue weighted by Gasteiger charge is 2.22. The summed E-state index contributed by atoms with van der Waals surface area (Å²) in [5.41, 5.74) is 3.39. The SMILES string of the molecule is Cc1ccc(C)c2sc(N3CCN(CCNC(=O)C(C)(C)C)CC3)nc12. The Morgan fingerprint density at radius 3 is 2.42 bits per heavy atom. The Bertz CT molecular complexity index is 746. The number of aromatic nitrogens is 1. The van der Waals surface area contributed by atoms with Crippen LogP contribution in [-0.4, -0.2) is 55.1 Å². The van der Waals surface area contributed by atoms with E-state index in [1.165, 1.54) is 15.8 Å². The van der Waals surface area contributed by atoms with Gasteiger partial charge in [-0.1, -0.05) is 44.2 Å². The molecule has 1 aliphatic rings. The Morgan fingerprint density at radius 1 is 1.15 bits per heavy atom. The second-order valence-electron chi connectivity index (χ2n) is 8.21. The molecular formula is C20H30N4OS. The molecule has 142 valence electrons. The van der Waals surface area contributed by atoms with Crippen molar-refractivity contribution in [3.8, 4) is 0 Å². The fourth-order valence-corrected chi connectivity index (χ4v) is 4.30. The van der Waals surface area contributed by atoms with Crippen molar-refractivity contribution in [2.45, 2.75) is 34.6 Å². The van der Waals surface area contributed by atoms with Gasteiger partial charge in [-0.2, -0.15) is 0 Å². The summed E-state index contributed by atoms with van der Waals surface area (Å²) in [7, 11) is 0. The maximum absolute atomic E-state index is 11.9. The van der Waals surface area contributed by atoms with E-state index < -0.39 is 0 Å². The molecule has 1 aromatic heterocycles. The van der Waals surface area contributed by atoms with Gasteiger partial charge in [0.2, 0.25) is 5.91 Å². The number of fused-ring (bicyclic) bond motifs is 1. The molecule has 0 saturated carbocycles. The zero-order valence-electron chi connectivity index (χ0n) is 16.6. The third-order valence-corrected chi connectivity index (χ3v) is 6.22. The maximum atomic E-state index is 11.9. The molecule has 0 atom stereocenters. The van der Waals surface area contributed by atoms with Crippen LogP contribution in [0.5, 0.6) is 0 Å². The van der Waals surface area contributed by atoms with E-state index in [9.17, 15) is 4.79 Å². The zero-order valence-corrected chi connectivity index (χ0v) is 17.4. The molecule has 2 heterocycles. The minimum absolute atomic E-state index is 0.122. The Hall–Kier alpha value is -1.66. The third kappa shape index (κ3) is 4.18. The highest BCUT2D eigenvalue weighted by molar-refractivity contribution is 7.22. The number of nitrogens with zero attached hydrogens (tertiary/aromatic N) is 3. The number of thiazole rings is 1. The number of hydrogen-bond acceptors (Lipinski definition) is 5. The van der Waals surface area contributed by atoms with Crippen molar-refractivity contribution in [2.75, 3.05) is 44.2 Å². The van der Waals surface area contributed by atoms with Gasteiger partial charge in [-0.3, -0.25) is 9.69 Å². The minimum atomic E-state index is -0.318. The fourth-order valence-electron chi connectivity index (χ4n) is 3.14. The number of carbonyl (C=O) groups is 1. The number of carbonyl (C=O) groups excluding carboxylic acids is 1. The van der Waals surface area contributed by atoms with Gasteiger partial charge in [-0.15, -0.1) is 0 Å². The summed E-state index contributed by atoms with van der Waals surface area (Å²) in [6.07, 6.45) is 0. The summed E-state index contributed by atoms with van der Waals surface area (Å²) < 4.78 is 1.31. The lowest BCUT2D eigenvalue weighted by Gasteiger charge is -2.34. The normalized spacial score (nSPS) is 16.3. The van der Waals surface area contributed by atoms with Crippen molar-refractivity contribution in [1.29, 1.82) is 0 Å².